The van der Waals surface area contributed by atoms with Crippen LogP contribution in [0.3, 0.4) is 0 Å². The SMILES string of the molecule is N#CC1CCCCCCCCCCCCCCCCCCCCCC1. The van der Waals surface area contributed by atoms with Gasteiger partial charge in [-0.1, -0.05) is 128 Å². The lowest BCUT2D eigenvalue weighted by molar-refractivity contribution is 0.469. The fourth-order valence-corrected chi connectivity index (χ4v) is 4.24. The predicted molar refractivity (Wildman–Crippen MR) is 111 cm³/mol. The van der Waals surface area contributed by atoms with E-state index in [9.17, 15) is 5.26 Å². The average Bonchev–Trinajstić information content (AvgIpc) is 2.63. The standard InChI is InChI=1S/C24H45N/c25-23-24-21-19-17-15-13-11-9-7-5-3-1-2-4-6-8-10-12-14-16-18-20-22-24/h24H,1-22H2. The number of rotatable bonds is 0. The normalized spacial score (nSPS) is 23.5. The summed E-state index contributed by atoms with van der Waals surface area (Å²) in [6, 6.07) is 2.56. The Morgan fingerprint density at radius 3 is 0.760 bits per heavy atom. The lowest BCUT2D eigenvalue weighted by atomic mass is 9.95. The molecule has 1 rings (SSSR count). The average molecular weight is 348 g/mol. The van der Waals surface area contributed by atoms with E-state index in [-0.39, 0.29) is 0 Å². The van der Waals surface area contributed by atoms with Crippen LogP contribution in [0.5, 0.6) is 0 Å². The van der Waals surface area contributed by atoms with E-state index in [2.05, 4.69) is 6.07 Å². The molecule has 1 saturated carbocycles. The summed E-state index contributed by atoms with van der Waals surface area (Å²) in [4.78, 5) is 0. The molecule has 0 aromatic heterocycles. The van der Waals surface area contributed by atoms with Crippen molar-refractivity contribution in [2.45, 2.75) is 141 Å². The van der Waals surface area contributed by atoms with Gasteiger partial charge in [-0.05, 0) is 12.8 Å². The van der Waals surface area contributed by atoms with Crippen LogP contribution in [0, 0.1) is 17.2 Å². The van der Waals surface area contributed by atoms with Gasteiger partial charge < -0.3 is 0 Å². The summed E-state index contributed by atoms with van der Waals surface area (Å²) >= 11 is 0. The van der Waals surface area contributed by atoms with Gasteiger partial charge >= 0.3 is 0 Å². The van der Waals surface area contributed by atoms with Gasteiger partial charge in [-0.15, -0.1) is 0 Å². The van der Waals surface area contributed by atoms with Gasteiger partial charge in [0.1, 0.15) is 0 Å². The van der Waals surface area contributed by atoms with E-state index in [0.29, 0.717) is 5.92 Å². The Bertz CT molecular complexity index is 280. The van der Waals surface area contributed by atoms with Crippen molar-refractivity contribution in [3.05, 3.63) is 0 Å². The molecule has 0 bridgehead atoms. The van der Waals surface area contributed by atoms with Gasteiger partial charge in [-0.3, -0.25) is 0 Å². The van der Waals surface area contributed by atoms with Crippen LogP contribution in [-0.2, 0) is 0 Å². The van der Waals surface area contributed by atoms with Crippen molar-refractivity contribution in [2.24, 2.45) is 5.92 Å². The second-order valence-corrected chi connectivity index (χ2v) is 8.47. The molecule has 1 aliphatic rings. The van der Waals surface area contributed by atoms with Gasteiger partial charge in [0.05, 0.1) is 6.07 Å². The van der Waals surface area contributed by atoms with E-state index in [1.54, 1.807) is 0 Å². The molecule has 0 unspecified atom stereocenters. The Morgan fingerprint density at radius 2 is 0.560 bits per heavy atom. The van der Waals surface area contributed by atoms with Crippen molar-refractivity contribution in [3.8, 4) is 6.07 Å². The Labute approximate surface area is 159 Å². The van der Waals surface area contributed by atoms with Crippen LogP contribution in [0.15, 0.2) is 0 Å². The molecule has 0 spiro atoms. The zero-order valence-corrected chi connectivity index (χ0v) is 17.1. The molecule has 1 nitrogen and oxygen atoms in total. The molecule has 0 amide bonds. The Hall–Kier alpha value is -0.510. The van der Waals surface area contributed by atoms with Gasteiger partial charge in [0, 0.05) is 5.92 Å². The van der Waals surface area contributed by atoms with Crippen molar-refractivity contribution in [1.82, 2.24) is 0 Å². The molecule has 0 aliphatic heterocycles. The van der Waals surface area contributed by atoms with Crippen molar-refractivity contribution >= 4 is 0 Å². The molecule has 0 heterocycles. The van der Waals surface area contributed by atoms with Gasteiger partial charge in [0.2, 0.25) is 0 Å². The fraction of sp³-hybridized carbons (Fsp3) is 0.958. The summed E-state index contributed by atoms with van der Waals surface area (Å²) in [7, 11) is 0. The van der Waals surface area contributed by atoms with Gasteiger partial charge in [0.15, 0.2) is 0 Å². The molecule has 0 aromatic carbocycles. The Kier molecular flexibility index (Phi) is 16.5. The first-order valence-corrected chi connectivity index (χ1v) is 11.8. The van der Waals surface area contributed by atoms with Crippen LogP contribution < -0.4 is 0 Å². The molecule has 0 radical (unpaired) electrons. The zero-order chi connectivity index (χ0) is 17.8. The van der Waals surface area contributed by atoms with Gasteiger partial charge in [-0.2, -0.15) is 5.26 Å². The van der Waals surface area contributed by atoms with Crippen molar-refractivity contribution in [1.29, 1.82) is 5.26 Å². The summed E-state index contributed by atoms with van der Waals surface area (Å²) in [5, 5.41) is 9.33. The molecule has 1 heteroatoms. The number of hydrogen-bond acceptors (Lipinski definition) is 1. The number of nitrogens with zero attached hydrogens (tertiary/aromatic N) is 1. The summed E-state index contributed by atoms with van der Waals surface area (Å²) in [6.07, 6.45) is 30.6. The first-order valence-electron chi connectivity index (χ1n) is 11.8. The van der Waals surface area contributed by atoms with Crippen LogP contribution in [0.2, 0.25) is 0 Å². The minimum Gasteiger partial charge on any atom is -0.198 e. The van der Waals surface area contributed by atoms with E-state index in [1.807, 2.05) is 0 Å². The van der Waals surface area contributed by atoms with Crippen molar-refractivity contribution in [2.75, 3.05) is 0 Å². The zero-order valence-electron chi connectivity index (χ0n) is 17.1. The molecule has 146 valence electrons. The quantitative estimate of drug-likeness (QED) is 0.429. The summed E-state index contributed by atoms with van der Waals surface area (Å²) in [6.45, 7) is 0. The minimum atomic E-state index is 0.335. The maximum Gasteiger partial charge on any atom is 0.0655 e. The largest absolute Gasteiger partial charge is 0.198 e. The molecule has 0 saturated heterocycles. The lowest BCUT2D eigenvalue weighted by Crippen LogP contribution is -1.97. The number of nitriles is 1. The van der Waals surface area contributed by atoms with Gasteiger partial charge in [0.25, 0.3) is 0 Å². The second-order valence-electron chi connectivity index (χ2n) is 8.47. The van der Waals surface area contributed by atoms with Crippen molar-refractivity contribution < 1.29 is 0 Å². The highest BCUT2D eigenvalue weighted by atomic mass is 14.3. The van der Waals surface area contributed by atoms with E-state index in [0.717, 1.165) is 12.8 Å². The van der Waals surface area contributed by atoms with Crippen LogP contribution in [0.4, 0.5) is 0 Å². The smallest absolute Gasteiger partial charge is 0.0655 e. The van der Waals surface area contributed by atoms with Crippen molar-refractivity contribution in [3.63, 3.8) is 0 Å². The highest BCUT2D eigenvalue weighted by Crippen LogP contribution is 2.19. The molecule has 25 heavy (non-hydrogen) atoms. The van der Waals surface area contributed by atoms with E-state index in [4.69, 9.17) is 0 Å². The van der Waals surface area contributed by atoms with Crippen LogP contribution >= 0.6 is 0 Å². The second kappa shape index (κ2) is 18.3. The highest BCUT2D eigenvalue weighted by Gasteiger charge is 2.06. The first kappa shape index (κ1) is 22.5. The topological polar surface area (TPSA) is 23.8 Å². The van der Waals surface area contributed by atoms with E-state index >= 15 is 0 Å². The molecule has 1 aliphatic carbocycles. The Balaban J connectivity index is 2.14. The maximum atomic E-state index is 9.33. The molecular weight excluding hydrogens is 302 g/mol. The first-order chi connectivity index (χ1) is 12.4. The molecule has 0 N–H and O–H groups in total. The third-order valence-electron chi connectivity index (χ3n) is 6.04. The van der Waals surface area contributed by atoms with Crippen LogP contribution in [0.25, 0.3) is 0 Å². The fourth-order valence-electron chi connectivity index (χ4n) is 4.24. The molecule has 0 atom stereocenters. The summed E-state index contributed by atoms with van der Waals surface area (Å²) < 4.78 is 0. The number of hydrogen-bond donors (Lipinski definition) is 0. The van der Waals surface area contributed by atoms with E-state index < -0.39 is 0 Å². The third-order valence-corrected chi connectivity index (χ3v) is 6.04. The van der Waals surface area contributed by atoms with Gasteiger partial charge in [-0.25, -0.2) is 0 Å². The highest BCUT2D eigenvalue weighted by molar-refractivity contribution is 4.82. The minimum absolute atomic E-state index is 0.335. The van der Waals surface area contributed by atoms with E-state index in [1.165, 1.54) is 128 Å². The maximum absolute atomic E-state index is 9.33. The molecule has 1 fully saturated rings. The third kappa shape index (κ3) is 15.5. The van der Waals surface area contributed by atoms with Crippen LogP contribution in [-0.4, -0.2) is 0 Å². The molecule has 0 aromatic rings. The lowest BCUT2D eigenvalue weighted by Gasteiger charge is -2.09. The predicted octanol–water partition coefficient (Wildman–Crippen LogP) is 8.72. The molecular formula is C24H45N. The Morgan fingerprint density at radius 1 is 0.360 bits per heavy atom. The van der Waals surface area contributed by atoms with Crippen LogP contribution in [0.1, 0.15) is 141 Å². The summed E-state index contributed by atoms with van der Waals surface area (Å²) in [5.74, 6) is 0.335. The summed E-state index contributed by atoms with van der Waals surface area (Å²) in [5.41, 5.74) is 0. The monoisotopic (exact) mass is 347 g/mol.